The summed E-state index contributed by atoms with van der Waals surface area (Å²) in [6.07, 6.45) is 8.54. The van der Waals surface area contributed by atoms with Gasteiger partial charge < -0.3 is 0 Å². The first-order valence-electron chi connectivity index (χ1n) is 6.47. The molecule has 0 radical (unpaired) electrons. The third-order valence-corrected chi connectivity index (χ3v) is 5.45. The molecule has 0 aromatic carbocycles. The van der Waals surface area contributed by atoms with Crippen LogP contribution in [0.25, 0.3) is 0 Å². The lowest BCUT2D eigenvalue weighted by Gasteiger charge is -2.39. The SMILES string of the molecule is Clc1snnc1CN1CCC2(CCCC2)CC1. The van der Waals surface area contributed by atoms with Crippen molar-refractivity contribution in [1.82, 2.24) is 14.5 Å². The molecule has 0 N–H and O–H groups in total. The fourth-order valence-corrected chi connectivity index (χ4v) is 3.93. The summed E-state index contributed by atoms with van der Waals surface area (Å²) in [5.74, 6) is 0. The van der Waals surface area contributed by atoms with Gasteiger partial charge in [0.1, 0.15) is 10.0 Å². The van der Waals surface area contributed by atoms with E-state index in [1.165, 1.54) is 63.1 Å². The number of aromatic nitrogens is 2. The molecule has 1 aliphatic heterocycles. The molecule has 3 nitrogen and oxygen atoms in total. The largest absolute Gasteiger partial charge is 0.297 e. The minimum atomic E-state index is 0.695. The topological polar surface area (TPSA) is 29.0 Å². The maximum Gasteiger partial charge on any atom is 0.138 e. The van der Waals surface area contributed by atoms with Gasteiger partial charge in [0.25, 0.3) is 0 Å². The Labute approximate surface area is 111 Å². The Hall–Kier alpha value is -0.190. The highest BCUT2D eigenvalue weighted by molar-refractivity contribution is 7.10. The van der Waals surface area contributed by atoms with E-state index >= 15 is 0 Å². The smallest absolute Gasteiger partial charge is 0.138 e. The van der Waals surface area contributed by atoms with Gasteiger partial charge in [-0.2, -0.15) is 0 Å². The van der Waals surface area contributed by atoms with Gasteiger partial charge in [-0.1, -0.05) is 28.9 Å². The molecule has 1 saturated heterocycles. The quantitative estimate of drug-likeness (QED) is 0.826. The van der Waals surface area contributed by atoms with Crippen molar-refractivity contribution < 1.29 is 0 Å². The van der Waals surface area contributed by atoms with Gasteiger partial charge in [-0.25, -0.2) is 0 Å². The third kappa shape index (κ3) is 2.49. The summed E-state index contributed by atoms with van der Waals surface area (Å²) < 4.78 is 4.65. The predicted octanol–water partition coefficient (Wildman–Crippen LogP) is 3.35. The Balaban J connectivity index is 1.56. The second-order valence-electron chi connectivity index (χ2n) is 5.48. The van der Waals surface area contributed by atoms with E-state index in [4.69, 9.17) is 11.6 Å². The zero-order valence-corrected chi connectivity index (χ0v) is 11.6. The average molecular weight is 272 g/mol. The van der Waals surface area contributed by atoms with Crippen LogP contribution in [0.1, 0.15) is 44.2 Å². The van der Waals surface area contributed by atoms with Crippen molar-refractivity contribution in [1.29, 1.82) is 0 Å². The molecule has 1 spiro atoms. The molecule has 0 amide bonds. The molecule has 1 aliphatic carbocycles. The summed E-state index contributed by atoms with van der Waals surface area (Å²) >= 11 is 7.34. The second-order valence-corrected chi connectivity index (χ2v) is 6.83. The highest BCUT2D eigenvalue weighted by atomic mass is 35.5. The lowest BCUT2D eigenvalue weighted by Crippen LogP contribution is -2.38. The molecule has 3 rings (SSSR count). The Morgan fingerprint density at radius 1 is 1.18 bits per heavy atom. The summed E-state index contributed by atoms with van der Waals surface area (Å²) in [5, 5.41) is 4.09. The van der Waals surface area contributed by atoms with E-state index in [-0.39, 0.29) is 0 Å². The van der Waals surface area contributed by atoms with Crippen LogP contribution in [0.5, 0.6) is 0 Å². The van der Waals surface area contributed by atoms with Crippen LogP contribution in [0.15, 0.2) is 0 Å². The Kier molecular flexibility index (Phi) is 3.37. The normalized spacial score (nSPS) is 24.5. The van der Waals surface area contributed by atoms with Crippen LogP contribution in [-0.2, 0) is 6.54 Å². The van der Waals surface area contributed by atoms with Crippen LogP contribution < -0.4 is 0 Å². The van der Waals surface area contributed by atoms with Gasteiger partial charge in [-0.15, -0.1) is 5.10 Å². The minimum Gasteiger partial charge on any atom is -0.297 e. The average Bonchev–Trinajstić information content (AvgIpc) is 2.94. The fourth-order valence-electron chi connectivity index (χ4n) is 3.31. The van der Waals surface area contributed by atoms with Gasteiger partial charge >= 0.3 is 0 Å². The van der Waals surface area contributed by atoms with Gasteiger partial charge in [-0.05, 0) is 44.2 Å². The van der Waals surface area contributed by atoms with E-state index in [2.05, 4.69) is 14.5 Å². The molecule has 0 bridgehead atoms. The lowest BCUT2D eigenvalue weighted by molar-refractivity contribution is 0.103. The molecule has 94 valence electrons. The van der Waals surface area contributed by atoms with Gasteiger partial charge in [0.15, 0.2) is 0 Å². The van der Waals surface area contributed by atoms with Gasteiger partial charge in [-0.3, -0.25) is 4.90 Å². The second kappa shape index (κ2) is 4.82. The monoisotopic (exact) mass is 271 g/mol. The summed E-state index contributed by atoms with van der Waals surface area (Å²) in [6.45, 7) is 3.28. The summed E-state index contributed by atoms with van der Waals surface area (Å²) in [4.78, 5) is 2.48. The van der Waals surface area contributed by atoms with Gasteiger partial charge in [0.05, 0.1) is 0 Å². The molecular formula is C12H18ClN3S. The summed E-state index contributed by atoms with van der Waals surface area (Å²) in [5.41, 5.74) is 1.65. The van der Waals surface area contributed by atoms with Crippen molar-refractivity contribution in [2.75, 3.05) is 13.1 Å². The van der Waals surface area contributed by atoms with Crippen molar-refractivity contribution in [2.24, 2.45) is 5.41 Å². The van der Waals surface area contributed by atoms with Crippen LogP contribution in [0, 0.1) is 5.41 Å². The van der Waals surface area contributed by atoms with Crippen molar-refractivity contribution in [3.05, 3.63) is 10.0 Å². The molecule has 5 heteroatoms. The Morgan fingerprint density at radius 3 is 2.47 bits per heavy atom. The first-order chi connectivity index (χ1) is 8.27. The van der Waals surface area contributed by atoms with Crippen molar-refractivity contribution in [3.8, 4) is 0 Å². The third-order valence-electron chi connectivity index (χ3n) is 4.46. The molecule has 0 unspecified atom stereocenters. The van der Waals surface area contributed by atoms with Crippen molar-refractivity contribution in [3.63, 3.8) is 0 Å². The van der Waals surface area contributed by atoms with Crippen LogP contribution in [0.2, 0.25) is 4.34 Å². The zero-order valence-electron chi connectivity index (χ0n) is 9.99. The minimum absolute atomic E-state index is 0.695. The lowest BCUT2D eigenvalue weighted by atomic mass is 9.77. The number of halogens is 1. The Bertz CT molecular complexity index is 377. The molecule has 2 heterocycles. The van der Waals surface area contributed by atoms with Crippen LogP contribution in [0.3, 0.4) is 0 Å². The molecule has 1 saturated carbocycles. The highest BCUT2D eigenvalue weighted by Gasteiger charge is 2.36. The van der Waals surface area contributed by atoms with Crippen molar-refractivity contribution >= 4 is 23.1 Å². The number of piperidine rings is 1. The first-order valence-corrected chi connectivity index (χ1v) is 7.62. The van der Waals surface area contributed by atoms with Gasteiger partial charge in [0, 0.05) is 18.1 Å². The number of rotatable bonds is 2. The summed E-state index contributed by atoms with van der Waals surface area (Å²) in [7, 11) is 0. The van der Waals surface area contributed by atoms with Crippen LogP contribution in [0.4, 0.5) is 0 Å². The van der Waals surface area contributed by atoms with Crippen molar-refractivity contribution in [2.45, 2.75) is 45.1 Å². The molecular weight excluding hydrogens is 254 g/mol. The maximum absolute atomic E-state index is 6.05. The molecule has 1 aromatic rings. The van der Waals surface area contributed by atoms with Crippen LogP contribution >= 0.6 is 23.1 Å². The Morgan fingerprint density at radius 2 is 1.88 bits per heavy atom. The first kappa shape index (κ1) is 11.9. The molecule has 0 atom stereocenters. The fraction of sp³-hybridized carbons (Fsp3) is 0.833. The molecule has 2 fully saturated rings. The maximum atomic E-state index is 6.05. The van der Waals surface area contributed by atoms with E-state index in [0.29, 0.717) is 5.41 Å². The summed E-state index contributed by atoms with van der Waals surface area (Å²) in [6, 6.07) is 0. The number of hydrogen-bond donors (Lipinski definition) is 0. The zero-order chi connectivity index (χ0) is 11.7. The molecule has 1 aromatic heterocycles. The number of hydrogen-bond acceptors (Lipinski definition) is 4. The van der Waals surface area contributed by atoms with Crippen LogP contribution in [-0.4, -0.2) is 27.6 Å². The molecule has 2 aliphatic rings. The van der Waals surface area contributed by atoms with E-state index in [0.717, 1.165) is 16.6 Å². The highest BCUT2D eigenvalue weighted by Crippen LogP contribution is 2.46. The van der Waals surface area contributed by atoms with E-state index < -0.39 is 0 Å². The number of likely N-dealkylation sites (tertiary alicyclic amines) is 1. The molecule has 17 heavy (non-hydrogen) atoms. The number of nitrogens with zero attached hydrogens (tertiary/aromatic N) is 3. The van der Waals surface area contributed by atoms with E-state index in [9.17, 15) is 0 Å². The van der Waals surface area contributed by atoms with E-state index in [1.807, 2.05) is 0 Å². The van der Waals surface area contributed by atoms with Gasteiger partial charge in [0.2, 0.25) is 0 Å². The van der Waals surface area contributed by atoms with E-state index in [1.54, 1.807) is 0 Å². The predicted molar refractivity (Wildman–Crippen MR) is 70.3 cm³/mol. The standard InChI is InChI=1S/C12H18ClN3S/c13-11-10(14-15-17-11)9-16-7-5-12(6-8-16)3-1-2-4-12/h1-9H2.